The molecule has 0 bridgehead atoms. The summed E-state index contributed by atoms with van der Waals surface area (Å²) in [4.78, 5) is 16.6. The summed E-state index contributed by atoms with van der Waals surface area (Å²) < 4.78 is 35.6. The van der Waals surface area contributed by atoms with Gasteiger partial charge < -0.3 is 10.1 Å². The van der Waals surface area contributed by atoms with E-state index in [0.29, 0.717) is 10.7 Å². The molecular formula is C18H19ClF2N2O4. The van der Waals surface area contributed by atoms with Crippen molar-refractivity contribution in [2.45, 2.75) is 19.3 Å². The quantitative estimate of drug-likeness (QED) is 0.521. The molecule has 0 saturated heterocycles. The SMILES string of the molecule is CON(C)C(=O)Nc1cccc(OC(Cc2ccc(Cl)cc2)OC(F)F)c1. The van der Waals surface area contributed by atoms with E-state index in [1.807, 2.05) is 0 Å². The van der Waals surface area contributed by atoms with Gasteiger partial charge in [-0.2, -0.15) is 8.78 Å². The average Bonchev–Trinajstić information content (AvgIpc) is 2.62. The number of rotatable bonds is 8. The molecule has 0 heterocycles. The second kappa shape index (κ2) is 10.1. The Hall–Kier alpha value is -2.42. The van der Waals surface area contributed by atoms with E-state index in [1.165, 1.54) is 20.2 Å². The van der Waals surface area contributed by atoms with E-state index in [4.69, 9.17) is 21.2 Å². The highest BCUT2D eigenvalue weighted by atomic mass is 35.5. The molecule has 2 aromatic rings. The standard InChI is InChI=1S/C18H19ClF2N2O4/c1-23(25-2)18(24)22-14-4-3-5-15(11-14)26-16(27-17(20)21)10-12-6-8-13(19)9-7-12/h3-9,11,16-17H,10H2,1-2H3,(H,22,24). The molecule has 0 fully saturated rings. The summed E-state index contributed by atoms with van der Waals surface area (Å²) in [6.45, 7) is -3.00. The number of carbonyl (C=O) groups excluding carboxylic acids is 1. The number of amides is 2. The molecule has 6 nitrogen and oxygen atoms in total. The van der Waals surface area contributed by atoms with Gasteiger partial charge in [-0.05, 0) is 29.8 Å². The van der Waals surface area contributed by atoms with E-state index >= 15 is 0 Å². The molecule has 146 valence electrons. The fourth-order valence-corrected chi connectivity index (χ4v) is 2.26. The summed E-state index contributed by atoms with van der Waals surface area (Å²) in [7, 11) is 2.79. The average molecular weight is 401 g/mol. The van der Waals surface area contributed by atoms with Crippen molar-refractivity contribution >= 4 is 23.3 Å². The first-order chi connectivity index (χ1) is 12.9. The maximum Gasteiger partial charge on any atom is 0.348 e. The van der Waals surface area contributed by atoms with Gasteiger partial charge in [0.15, 0.2) is 0 Å². The lowest BCUT2D eigenvalue weighted by Gasteiger charge is -2.20. The third-order valence-corrected chi connectivity index (χ3v) is 3.73. The van der Waals surface area contributed by atoms with Crippen LogP contribution >= 0.6 is 11.6 Å². The van der Waals surface area contributed by atoms with E-state index in [9.17, 15) is 13.6 Å². The summed E-state index contributed by atoms with van der Waals surface area (Å²) in [5.41, 5.74) is 1.12. The van der Waals surface area contributed by atoms with Crippen LogP contribution in [0, 0.1) is 0 Å². The number of nitrogens with one attached hydrogen (secondary N) is 1. The fraction of sp³-hybridized carbons (Fsp3) is 0.278. The molecule has 27 heavy (non-hydrogen) atoms. The van der Waals surface area contributed by atoms with Gasteiger partial charge in [0.1, 0.15) is 5.75 Å². The Morgan fingerprint density at radius 3 is 2.56 bits per heavy atom. The second-order valence-corrected chi connectivity index (χ2v) is 5.85. The third kappa shape index (κ3) is 7.01. The molecule has 0 aromatic heterocycles. The Balaban J connectivity index is 2.08. The molecular weight excluding hydrogens is 382 g/mol. The summed E-state index contributed by atoms with van der Waals surface area (Å²) in [5, 5.41) is 4.12. The molecule has 1 unspecified atom stereocenters. The molecule has 0 saturated carbocycles. The highest BCUT2D eigenvalue weighted by Gasteiger charge is 2.18. The van der Waals surface area contributed by atoms with Crippen molar-refractivity contribution in [3.63, 3.8) is 0 Å². The number of urea groups is 1. The van der Waals surface area contributed by atoms with Gasteiger partial charge >= 0.3 is 12.6 Å². The highest BCUT2D eigenvalue weighted by Crippen LogP contribution is 2.22. The number of ether oxygens (including phenoxy) is 2. The molecule has 0 radical (unpaired) electrons. The van der Waals surface area contributed by atoms with Crippen molar-refractivity contribution in [3.05, 3.63) is 59.1 Å². The molecule has 1 atom stereocenters. The Labute approximate surface area is 160 Å². The van der Waals surface area contributed by atoms with Gasteiger partial charge in [-0.1, -0.05) is 29.8 Å². The maximum absolute atomic E-state index is 12.7. The minimum atomic E-state index is -3.00. The van der Waals surface area contributed by atoms with E-state index < -0.39 is 18.9 Å². The van der Waals surface area contributed by atoms with Gasteiger partial charge in [-0.3, -0.25) is 9.57 Å². The Morgan fingerprint density at radius 2 is 1.93 bits per heavy atom. The molecule has 0 spiro atoms. The normalized spacial score (nSPS) is 11.9. The molecule has 1 N–H and O–H groups in total. The largest absolute Gasteiger partial charge is 0.464 e. The maximum atomic E-state index is 12.7. The molecule has 0 aliphatic rings. The lowest BCUT2D eigenvalue weighted by molar-refractivity contribution is -0.216. The van der Waals surface area contributed by atoms with Crippen LogP contribution in [0.5, 0.6) is 5.75 Å². The third-order valence-electron chi connectivity index (χ3n) is 3.48. The van der Waals surface area contributed by atoms with Crippen molar-refractivity contribution in [2.75, 3.05) is 19.5 Å². The first-order valence-electron chi connectivity index (χ1n) is 7.91. The lowest BCUT2D eigenvalue weighted by atomic mass is 10.1. The van der Waals surface area contributed by atoms with Gasteiger partial charge in [-0.25, -0.2) is 9.86 Å². The summed E-state index contributed by atoms with van der Waals surface area (Å²) >= 11 is 5.82. The molecule has 0 aliphatic carbocycles. The van der Waals surface area contributed by atoms with Crippen LogP contribution in [0.1, 0.15) is 5.56 Å². The minimum Gasteiger partial charge on any atom is -0.464 e. The smallest absolute Gasteiger partial charge is 0.348 e. The van der Waals surface area contributed by atoms with Crippen LogP contribution in [0.2, 0.25) is 5.02 Å². The number of carbonyl (C=O) groups is 1. The summed E-state index contributed by atoms with van der Waals surface area (Å²) in [6.07, 6.45) is -1.14. The first-order valence-corrected chi connectivity index (χ1v) is 8.28. The zero-order valence-corrected chi connectivity index (χ0v) is 15.5. The predicted octanol–water partition coefficient (Wildman–Crippen LogP) is 4.55. The van der Waals surface area contributed by atoms with Crippen LogP contribution in [-0.4, -0.2) is 38.2 Å². The van der Waals surface area contributed by atoms with Gasteiger partial charge in [0.25, 0.3) is 0 Å². The summed E-state index contributed by atoms with van der Waals surface area (Å²) in [5.74, 6) is 0.257. The van der Waals surface area contributed by atoms with Crippen molar-refractivity contribution in [1.29, 1.82) is 0 Å². The van der Waals surface area contributed by atoms with Gasteiger partial charge in [0.2, 0.25) is 6.29 Å². The van der Waals surface area contributed by atoms with E-state index in [0.717, 1.165) is 10.6 Å². The van der Waals surface area contributed by atoms with Crippen molar-refractivity contribution in [3.8, 4) is 5.75 Å². The first kappa shape index (κ1) is 20.9. The highest BCUT2D eigenvalue weighted by molar-refractivity contribution is 6.30. The molecule has 9 heteroatoms. The topological polar surface area (TPSA) is 60.0 Å². The number of anilines is 1. The van der Waals surface area contributed by atoms with Crippen LogP contribution < -0.4 is 10.1 Å². The second-order valence-electron chi connectivity index (χ2n) is 5.41. The van der Waals surface area contributed by atoms with Crippen LogP contribution in [0.15, 0.2) is 48.5 Å². The van der Waals surface area contributed by atoms with Crippen LogP contribution in [0.3, 0.4) is 0 Å². The molecule has 0 aliphatic heterocycles. The lowest BCUT2D eigenvalue weighted by Crippen LogP contribution is -2.30. The van der Waals surface area contributed by atoms with Gasteiger partial charge in [-0.15, -0.1) is 0 Å². The van der Waals surface area contributed by atoms with Crippen LogP contribution in [0.4, 0.5) is 19.3 Å². The van der Waals surface area contributed by atoms with E-state index in [1.54, 1.807) is 42.5 Å². The van der Waals surface area contributed by atoms with Crippen molar-refractivity contribution in [1.82, 2.24) is 5.06 Å². The monoisotopic (exact) mass is 400 g/mol. The molecule has 2 amide bonds. The number of halogens is 3. The number of hydrogen-bond acceptors (Lipinski definition) is 4. The minimum absolute atomic E-state index is 0.0878. The Kier molecular flexibility index (Phi) is 7.78. The zero-order valence-electron chi connectivity index (χ0n) is 14.7. The van der Waals surface area contributed by atoms with Gasteiger partial charge in [0, 0.05) is 30.2 Å². The summed E-state index contributed by atoms with van der Waals surface area (Å²) in [6, 6.07) is 12.5. The number of alkyl halides is 2. The van der Waals surface area contributed by atoms with Crippen LogP contribution in [0.25, 0.3) is 0 Å². The number of nitrogens with zero attached hydrogens (tertiary/aromatic N) is 1. The van der Waals surface area contributed by atoms with Crippen LogP contribution in [-0.2, 0) is 16.0 Å². The number of hydroxylamine groups is 2. The van der Waals surface area contributed by atoms with E-state index in [-0.39, 0.29) is 12.2 Å². The van der Waals surface area contributed by atoms with E-state index in [2.05, 4.69) is 10.1 Å². The number of benzene rings is 2. The predicted molar refractivity (Wildman–Crippen MR) is 96.9 cm³/mol. The molecule has 2 rings (SSSR count). The fourth-order valence-electron chi connectivity index (χ4n) is 2.13. The van der Waals surface area contributed by atoms with Crippen molar-refractivity contribution in [2.24, 2.45) is 0 Å². The number of hydrogen-bond donors (Lipinski definition) is 1. The van der Waals surface area contributed by atoms with Crippen molar-refractivity contribution < 1.29 is 27.9 Å². The van der Waals surface area contributed by atoms with Gasteiger partial charge in [0.05, 0.1) is 7.11 Å². The zero-order chi connectivity index (χ0) is 19.8. The molecule has 2 aromatic carbocycles. The Morgan fingerprint density at radius 1 is 1.22 bits per heavy atom. The Bertz CT molecular complexity index is 746.